The van der Waals surface area contributed by atoms with Crippen LogP contribution in [-0.2, 0) is 16.1 Å². The van der Waals surface area contributed by atoms with Crippen molar-refractivity contribution in [3.63, 3.8) is 0 Å². The zero-order valence-corrected chi connectivity index (χ0v) is 19.1. The van der Waals surface area contributed by atoms with Crippen LogP contribution in [0, 0.1) is 0 Å². The van der Waals surface area contributed by atoms with Gasteiger partial charge in [0, 0.05) is 0 Å². The molecular weight excluding hydrogens is 398 g/mol. The molecule has 3 N–H and O–H groups in total. The highest BCUT2D eigenvalue weighted by Gasteiger charge is 2.43. The SMILES string of the molecule is CC(C)=CCC/C(C)=C/CC/C(C)=C/COCc1cn([C@@H]2O[C@H](CO)[C@@H](O)[C@@H]2O)nn1. The smallest absolute Gasteiger partial charge is 0.180 e. The van der Waals surface area contributed by atoms with E-state index in [1.54, 1.807) is 6.20 Å². The van der Waals surface area contributed by atoms with Gasteiger partial charge in [-0.15, -0.1) is 5.10 Å². The molecule has 0 aliphatic carbocycles. The topological polar surface area (TPSA) is 110 Å². The summed E-state index contributed by atoms with van der Waals surface area (Å²) in [6.07, 6.45) is 8.46. The van der Waals surface area contributed by atoms with E-state index in [0.717, 1.165) is 25.7 Å². The van der Waals surface area contributed by atoms with Crippen molar-refractivity contribution in [3.8, 4) is 0 Å². The lowest BCUT2D eigenvalue weighted by atomic mass is 10.1. The van der Waals surface area contributed by atoms with Gasteiger partial charge in [0.2, 0.25) is 0 Å². The minimum absolute atomic E-state index is 0.280. The Morgan fingerprint density at radius 1 is 1.06 bits per heavy atom. The van der Waals surface area contributed by atoms with Gasteiger partial charge < -0.3 is 24.8 Å². The van der Waals surface area contributed by atoms with Crippen molar-refractivity contribution < 1.29 is 24.8 Å². The molecule has 0 aromatic carbocycles. The van der Waals surface area contributed by atoms with Crippen LogP contribution in [0.2, 0.25) is 0 Å². The number of ether oxygens (including phenoxy) is 2. The summed E-state index contributed by atoms with van der Waals surface area (Å²) in [7, 11) is 0. The van der Waals surface area contributed by atoms with Gasteiger partial charge in [0.1, 0.15) is 24.0 Å². The molecule has 0 bridgehead atoms. The lowest BCUT2D eigenvalue weighted by Crippen LogP contribution is -2.33. The first kappa shape index (κ1) is 25.4. The Kier molecular flexibility index (Phi) is 10.6. The van der Waals surface area contributed by atoms with E-state index in [4.69, 9.17) is 9.47 Å². The van der Waals surface area contributed by atoms with E-state index in [2.05, 4.69) is 56.2 Å². The van der Waals surface area contributed by atoms with Gasteiger partial charge in [-0.05, 0) is 53.4 Å². The maximum absolute atomic E-state index is 10.0. The number of hydrogen-bond donors (Lipinski definition) is 3. The van der Waals surface area contributed by atoms with Crippen LogP contribution in [0.3, 0.4) is 0 Å². The zero-order chi connectivity index (χ0) is 22.8. The molecule has 1 saturated heterocycles. The number of aliphatic hydroxyl groups is 3. The highest BCUT2D eigenvalue weighted by Crippen LogP contribution is 2.28. The lowest BCUT2D eigenvalue weighted by molar-refractivity contribution is -0.0594. The largest absolute Gasteiger partial charge is 0.394 e. The number of aliphatic hydroxyl groups excluding tert-OH is 3. The molecule has 0 spiro atoms. The maximum atomic E-state index is 10.0. The lowest BCUT2D eigenvalue weighted by Gasteiger charge is -2.13. The normalized spacial score (nSPS) is 24.6. The molecule has 2 heterocycles. The molecule has 174 valence electrons. The molecule has 4 atom stereocenters. The Labute approximate surface area is 184 Å². The van der Waals surface area contributed by atoms with Crippen LogP contribution in [0.4, 0.5) is 0 Å². The van der Waals surface area contributed by atoms with Crippen LogP contribution in [0.15, 0.2) is 41.1 Å². The number of nitrogens with zero attached hydrogens (tertiary/aromatic N) is 3. The molecule has 8 heteroatoms. The number of hydrogen-bond acceptors (Lipinski definition) is 7. The van der Waals surface area contributed by atoms with Crippen molar-refractivity contribution in [3.05, 3.63) is 46.8 Å². The minimum atomic E-state index is -1.18. The van der Waals surface area contributed by atoms with Crippen molar-refractivity contribution in [2.45, 2.75) is 84.5 Å². The van der Waals surface area contributed by atoms with Gasteiger partial charge in [0.05, 0.1) is 26.0 Å². The summed E-state index contributed by atoms with van der Waals surface area (Å²) in [5, 5.41) is 37.0. The standard InChI is InChI=1S/C23H37N3O5/c1-16(2)7-5-8-17(3)9-6-10-18(4)11-12-30-15-19-13-26(25-24-19)23-22(29)21(28)20(14-27)31-23/h7,9,11,13,20-23,27-29H,5-6,8,10,12,14-15H2,1-4H3/b17-9+,18-11+/t20-,21-,22+,23-/m1/s1. The van der Waals surface area contributed by atoms with E-state index in [1.165, 1.54) is 21.4 Å². The van der Waals surface area contributed by atoms with Crippen molar-refractivity contribution >= 4 is 0 Å². The average Bonchev–Trinajstić information content (AvgIpc) is 3.30. The first-order valence-corrected chi connectivity index (χ1v) is 10.9. The van der Waals surface area contributed by atoms with E-state index in [9.17, 15) is 15.3 Å². The maximum Gasteiger partial charge on any atom is 0.180 e. The van der Waals surface area contributed by atoms with Gasteiger partial charge in [-0.1, -0.05) is 40.2 Å². The van der Waals surface area contributed by atoms with E-state index in [0.29, 0.717) is 12.3 Å². The van der Waals surface area contributed by atoms with Gasteiger partial charge in [-0.3, -0.25) is 0 Å². The molecule has 0 radical (unpaired) electrons. The third-order valence-corrected chi connectivity index (χ3v) is 5.26. The fourth-order valence-electron chi connectivity index (χ4n) is 3.31. The third-order valence-electron chi connectivity index (χ3n) is 5.26. The molecule has 0 saturated carbocycles. The van der Waals surface area contributed by atoms with Crippen molar-refractivity contribution in [1.29, 1.82) is 0 Å². The average molecular weight is 436 g/mol. The molecule has 0 unspecified atom stereocenters. The molecule has 1 fully saturated rings. The summed E-state index contributed by atoms with van der Waals surface area (Å²) in [6, 6.07) is 0. The van der Waals surface area contributed by atoms with Gasteiger partial charge in [0.25, 0.3) is 0 Å². The van der Waals surface area contributed by atoms with E-state index in [1.807, 2.05) is 0 Å². The van der Waals surface area contributed by atoms with Crippen LogP contribution >= 0.6 is 0 Å². The molecule has 0 amide bonds. The predicted octanol–water partition coefficient (Wildman–Crippen LogP) is 2.83. The summed E-state index contributed by atoms with van der Waals surface area (Å²) in [5.41, 5.74) is 4.67. The number of allylic oxidation sites excluding steroid dienone is 5. The van der Waals surface area contributed by atoms with Gasteiger partial charge in [-0.2, -0.15) is 0 Å². The monoisotopic (exact) mass is 435 g/mol. The number of aromatic nitrogens is 3. The molecule has 1 aromatic rings. The quantitative estimate of drug-likeness (QED) is 0.342. The van der Waals surface area contributed by atoms with Crippen molar-refractivity contribution in [2.75, 3.05) is 13.2 Å². The third kappa shape index (κ3) is 8.31. The fourth-order valence-corrected chi connectivity index (χ4v) is 3.31. The minimum Gasteiger partial charge on any atom is -0.394 e. The van der Waals surface area contributed by atoms with Crippen LogP contribution in [0.5, 0.6) is 0 Å². The highest BCUT2D eigenvalue weighted by molar-refractivity contribution is 5.05. The number of rotatable bonds is 12. The van der Waals surface area contributed by atoms with E-state index in [-0.39, 0.29) is 13.2 Å². The Balaban J connectivity index is 1.69. The summed E-state index contributed by atoms with van der Waals surface area (Å²) in [4.78, 5) is 0. The van der Waals surface area contributed by atoms with Gasteiger partial charge in [0.15, 0.2) is 6.23 Å². The first-order chi connectivity index (χ1) is 14.8. The Hall–Kier alpha value is -1.84. The second-order valence-electron chi connectivity index (χ2n) is 8.39. The van der Waals surface area contributed by atoms with Crippen LogP contribution in [0.25, 0.3) is 0 Å². The molecule has 1 aromatic heterocycles. The first-order valence-electron chi connectivity index (χ1n) is 10.9. The van der Waals surface area contributed by atoms with Crippen molar-refractivity contribution in [2.24, 2.45) is 0 Å². The molecule has 2 rings (SSSR count). The summed E-state index contributed by atoms with van der Waals surface area (Å²) >= 11 is 0. The molecule has 1 aliphatic rings. The molecule has 31 heavy (non-hydrogen) atoms. The molecule has 8 nitrogen and oxygen atoms in total. The molecule has 1 aliphatic heterocycles. The van der Waals surface area contributed by atoms with Crippen molar-refractivity contribution in [1.82, 2.24) is 15.0 Å². The Bertz CT molecular complexity index is 767. The Morgan fingerprint density at radius 2 is 1.74 bits per heavy atom. The van der Waals surface area contributed by atoms with E-state index >= 15 is 0 Å². The van der Waals surface area contributed by atoms with Crippen LogP contribution in [0.1, 0.15) is 65.3 Å². The second kappa shape index (κ2) is 12.9. The summed E-state index contributed by atoms with van der Waals surface area (Å²) in [6.45, 7) is 8.94. The highest BCUT2D eigenvalue weighted by atomic mass is 16.6. The summed E-state index contributed by atoms with van der Waals surface area (Å²) in [5.74, 6) is 0. The van der Waals surface area contributed by atoms with Crippen LogP contribution in [-0.4, -0.2) is 61.8 Å². The fraction of sp³-hybridized carbons (Fsp3) is 0.652. The predicted molar refractivity (Wildman–Crippen MR) is 118 cm³/mol. The van der Waals surface area contributed by atoms with Crippen LogP contribution < -0.4 is 0 Å². The van der Waals surface area contributed by atoms with Gasteiger partial charge in [-0.25, -0.2) is 4.68 Å². The summed E-state index contributed by atoms with van der Waals surface area (Å²) < 4.78 is 12.4. The molecular formula is C23H37N3O5. The van der Waals surface area contributed by atoms with Gasteiger partial charge >= 0.3 is 0 Å². The second-order valence-corrected chi connectivity index (χ2v) is 8.39. The van der Waals surface area contributed by atoms with E-state index < -0.39 is 24.5 Å². The Morgan fingerprint density at radius 3 is 2.39 bits per heavy atom. The zero-order valence-electron chi connectivity index (χ0n) is 19.1.